The van der Waals surface area contributed by atoms with Crippen LogP contribution in [0.4, 0.5) is 0 Å². The topological polar surface area (TPSA) is 25.8 Å². The van der Waals surface area contributed by atoms with Crippen LogP contribution in [0.1, 0.15) is 25.0 Å². The molecule has 1 heterocycles. The van der Waals surface area contributed by atoms with Crippen molar-refractivity contribution in [3.8, 4) is 67.3 Å². The largest absolute Gasteiger partial charge is 0.228 e. The molecule has 2 nitrogen and oxygen atoms in total. The van der Waals surface area contributed by atoms with Gasteiger partial charge in [-0.15, -0.1) is 0 Å². The molecule has 0 aliphatic heterocycles. The minimum absolute atomic E-state index is 0.0270. The van der Waals surface area contributed by atoms with Gasteiger partial charge in [0.15, 0.2) is 5.82 Å². The van der Waals surface area contributed by atoms with E-state index in [1.807, 2.05) is 36.4 Å². The standard InChI is InChI=1S/C43H32N2/c1-43(2)38-22-10-9-21-36(38)37-24-23-34(27-39(37)43)32-18-11-17-31(25-32)33-19-12-20-35(26-33)42-44-40(29-13-5-3-6-14-29)28-41(45-42)30-15-7-4-8-16-30/h3-28H,1-2H3. The first kappa shape index (κ1) is 27.0. The van der Waals surface area contributed by atoms with Crippen LogP contribution >= 0.6 is 0 Å². The Morgan fingerprint density at radius 1 is 0.356 bits per heavy atom. The quantitative estimate of drug-likeness (QED) is 0.204. The Kier molecular flexibility index (Phi) is 6.50. The number of hydrogen-bond donors (Lipinski definition) is 0. The average molecular weight is 577 g/mol. The summed E-state index contributed by atoms with van der Waals surface area (Å²) in [4.78, 5) is 10.1. The SMILES string of the molecule is CC1(C)c2ccccc2-c2ccc(-c3cccc(-c4cccc(-c5nc(-c6ccccc6)cc(-c6ccccc6)n5)c4)c3)cc21. The molecule has 45 heavy (non-hydrogen) atoms. The third-order valence-electron chi connectivity index (χ3n) is 9.10. The molecule has 0 amide bonds. The van der Waals surface area contributed by atoms with Gasteiger partial charge >= 0.3 is 0 Å². The predicted octanol–water partition coefficient (Wildman–Crippen LogP) is 11.1. The van der Waals surface area contributed by atoms with Crippen LogP contribution in [0, 0.1) is 0 Å². The van der Waals surface area contributed by atoms with Crippen LogP contribution < -0.4 is 0 Å². The molecule has 8 rings (SSSR count). The first-order valence-electron chi connectivity index (χ1n) is 15.5. The van der Waals surface area contributed by atoms with Gasteiger partial charge in [0.1, 0.15) is 0 Å². The van der Waals surface area contributed by atoms with Gasteiger partial charge in [0.2, 0.25) is 0 Å². The van der Waals surface area contributed by atoms with Crippen LogP contribution in [-0.2, 0) is 5.41 Å². The van der Waals surface area contributed by atoms with Crippen LogP contribution in [-0.4, -0.2) is 9.97 Å². The number of nitrogens with zero attached hydrogens (tertiary/aromatic N) is 2. The Morgan fingerprint density at radius 2 is 0.822 bits per heavy atom. The number of fused-ring (bicyclic) bond motifs is 3. The van der Waals surface area contributed by atoms with Crippen molar-refractivity contribution in [3.05, 3.63) is 169 Å². The van der Waals surface area contributed by atoms with Crippen LogP contribution in [0.3, 0.4) is 0 Å². The lowest BCUT2D eigenvalue weighted by molar-refractivity contribution is 0.660. The maximum atomic E-state index is 5.05. The molecule has 0 saturated heterocycles. The van der Waals surface area contributed by atoms with E-state index in [-0.39, 0.29) is 5.41 Å². The van der Waals surface area contributed by atoms with Crippen molar-refractivity contribution in [1.82, 2.24) is 9.97 Å². The minimum Gasteiger partial charge on any atom is -0.228 e. The Labute approximate surface area is 264 Å². The molecule has 1 aromatic heterocycles. The zero-order valence-electron chi connectivity index (χ0n) is 25.4. The van der Waals surface area contributed by atoms with Crippen LogP contribution in [0.5, 0.6) is 0 Å². The number of hydrogen-bond acceptors (Lipinski definition) is 2. The molecule has 1 aliphatic rings. The number of rotatable bonds is 5. The third-order valence-corrected chi connectivity index (χ3v) is 9.10. The van der Waals surface area contributed by atoms with Crippen molar-refractivity contribution < 1.29 is 0 Å². The van der Waals surface area contributed by atoms with E-state index in [1.54, 1.807) is 0 Å². The molecule has 0 radical (unpaired) electrons. The van der Waals surface area contributed by atoms with Crippen LogP contribution in [0.25, 0.3) is 67.3 Å². The van der Waals surface area contributed by atoms with Gasteiger partial charge < -0.3 is 0 Å². The van der Waals surface area contributed by atoms with E-state index in [4.69, 9.17) is 9.97 Å². The first-order valence-corrected chi connectivity index (χ1v) is 15.5. The van der Waals surface area contributed by atoms with Gasteiger partial charge in [0.05, 0.1) is 11.4 Å². The van der Waals surface area contributed by atoms with Crippen molar-refractivity contribution >= 4 is 0 Å². The molecule has 2 heteroatoms. The van der Waals surface area contributed by atoms with Gasteiger partial charge in [0.25, 0.3) is 0 Å². The third kappa shape index (κ3) is 4.85. The van der Waals surface area contributed by atoms with Gasteiger partial charge in [-0.2, -0.15) is 0 Å². The summed E-state index contributed by atoms with van der Waals surface area (Å²) in [6.07, 6.45) is 0. The second-order valence-corrected chi connectivity index (χ2v) is 12.3. The molecule has 6 aromatic carbocycles. The molecule has 1 aliphatic carbocycles. The predicted molar refractivity (Wildman–Crippen MR) is 187 cm³/mol. The smallest absolute Gasteiger partial charge is 0.160 e. The fraction of sp³-hybridized carbons (Fsp3) is 0.0698. The second kappa shape index (κ2) is 10.8. The summed E-state index contributed by atoms with van der Waals surface area (Å²) < 4.78 is 0. The minimum atomic E-state index is -0.0270. The lowest BCUT2D eigenvalue weighted by atomic mass is 9.81. The van der Waals surface area contributed by atoms with Crippen LogP contribution in [0.2, 0.25) is 0 Å². The average Bonchev–Trinajstić information content (AvgIpc) is 3.34. The fourth-order valence-electron chi connectivity index (χ4n) is 6.69. The van der Waals surface area contributed by atoms with Gasteiger partial charge in [0, 0.05) is 22.1 Å². The highest BCUT2D eigenvalue weighted by Crippen LogP contribution is 2.49. The number of aromatic nitrogens is 2. The van der Waals surface area contributed by atoms with Gasteiger partial charge in [-0.05, 0) is 68.8 Å². The van der Waals surface area contributed by atoms with Gasteiger partial charge in [-0.25, -0.2) is 9.97 Å². The van der Waals surface area contributed by atoms with E-state index in [9.17, 15) is 0 Å². The van der Waals surface area contributed by atoms with Crippen molar-refractivity contribution in [2.45, 2.75) is 19.3 Å². The summed E-state index contributed by atoms with van der Waals surface area (Å²) in [5, 5.41) is 0. The highest BCUT2D eigenvalue weighted by molar-refractivity contribution is 5.84. The Balaban J connectivity index is 1.18. The molecule has 0 atom stereocenters. The highest BCUT2D eigenvalue weighted by Gasteiger charge is 2.35. The molecule has 0 bridgehead atoms. The summed E-state index contributed by atoms with van der Waals surface area (Å²) >= 11 is 0. The van der Waals surface area contributed by atoms with E-state index < -0.39 is 0 Å². The Bertz CT molecular complexity index is 2120. The fourth-order valence-corrected chi connectivity index (χ4v) is 6.69. The summed E-state index contributed by atoms with van der Waals surface area (Å²) in [6.45, 7) is 4.67. The monoisotopic (exact) mass is 576 g/mol. The maximum absolute atomic E-state index is 5.05. The van der Waals surface area contributed by atoms with Crippen molar-refractivity contribution in [1.29, 1.82) is 0 Å². The molecule has 7 aromatic rings. The van der Waals surface area contributed by atoms with Crippen molar-refractivity contribution in [2.24, 2.45) is 0 Å². The normalized spacial score (nSPS) is 12.8. The molecule has 0 saturated carbocycles. The summed E-state index contributed by atoms with van der Waals surface area (Å²) in [7, 11) is 0. The summed E-state index contributed by atoms with van der Waals surface area (Å²) in [6, 6.07) is 55.9. The van der Waals surface area contributed by atoms with E-state index in [0.29, 0.717) is 5.82 Å². The van der Waals surface area contributed by atoms with Crippen molar-refractivity contribution in [2.75, 3.05) is 0 Å². The van der Waals surface area contributed by atoms with Gasteiger partial charge in [-0.3, -0.25) is 0 Å². The van der Waals surface area contributed by atoms with Crippen molar-refractivity contribution in [3.63, 3.8) is 0 Å². The lowest BCUT2D eigenvalue weighted by Gasteiger charge is -2.22. The molecule has 0 unspecified atom stereocenters. The van der Waals surface area contributed by atoms with Gasteiger partial charge in [-0.1, -0.05) is 147 Å². The molecule has 214 valence electrons. The summed E-state index contributed by atoms with van der Waals surface area (Å²) in [5.74, 6) is 0.716. The Hall–Kier alpha value is -5.60. The molecule has 0 spiro atoms. The highest BCUT2D eigenvalue weighted by atomic mass is 14.9. The first-order chi connectivity index (χ1) is 22.0. The number of benzene rings is 6. The summed E-state index contributed by atoms with van der Waals surface area (Å²) in [5.41, 5.74) is 15.2. The van der Waals surface area contributed by atoms with E-state index in [0.717, 1.165) is 33.6 Å². The zero-order chi connectivity index (χ0) is 30.4. The Morgan fingerprint density at radius 3 is 1.44 bits per heavy atom. The zero-order valence-corrected chi connectivity index (χ0v) is 25.4. The molecular weight excluding hydrogens is 544 g/mol. The van der Waals surface area contributed by atoms with Crippen LogP contribution in [0.15, 0.2) is 158 Å². The van der Waals surface area contributed by atoms with E-state index in [1.165, 1.54) is 38.9 Å². The molecule has 0 N–H and O–H groups in total. The van der Waals surface area contributed by atoms with E-state index in [2.05, 4.69) is 135 Å². The second-order valence-electron chi connectivity index (χ2n) is 12.3. The molecule has 0 fully saturated rings. The van der Waals surface area contributed by atoms with E-state index >= 15 is 0 Å². The maximum Gasteiger partial charge on any atom is 0.160 e. The lowest BCUT2D eigenvalue weighted by Crippen LogP contribution is -2.14. The molecular formula is C43H32N2.